The highest BCUT2D eigenvalue weighted by molar-refractivity contribution is 5.71. The van der Waals surface area contributed by atoms with E-state index in [1.165, 1.54) is 109 Å². The van der Waals surface area contributed by atoms with Crippen LogP contribution in [0.3, 0.4) is 0 Å². The van der Waals surface area contributed by atoms with Gasteiger partial charge in [-0.15, -0.1) is 0 Å². The molecule has 0 unspecified atom stereocenters. The van der Waals surface area contributed by atoms with Gasteiger partial charge in [-0.2, -0.15) is 0 Å². The largest absolute Gasteiger partial charge is 0.462 e. The molecule has 0 bridgehead atoms. The molecule has 0 spiro atoms. The fourth-order valence-electron chi connectivity index (χ4n) is 6.05. The third-order valence-electron chi connectivity index (χ3n) is 9.22. The molecule has 0 heterocycles. The monoisotopic (exact) mass is 681 g/mol. The van der Waals surface area contributed by atoms with Crippen LogP contribution in [-0.2, 0) is 28.6 Å². The lowest BCUT2D eigenvalue weighted by molar-refractivity contribution is -0.167. The molecule has 0 rings (SSSR count). The van der Waals surface area contributed by atoms with Crippen molar-refractivity contribution in [3.8, 4) is 0 Å². The standard InChI is InChI=1S/C42H80O6/c1-6-7-8-9-15-22-27-32-40(43)46-35-39(48-42(45)34-29-24-19-14-17-21-26-31-38(4)5)36-47-41(44)33-28-23-18-13-11-10-12-16-20-25-30-37(2)3/h37-39H,6-36H2,1-5H3/t39-/m1/s1. The quantitative estimate of drug-likeness (QED) is 0.0372. The van der Waals surface area contributed by atoms with Crippen molar-refractivity contribution in [2.75, 3.05) is 13.2 Å². The van der Waals surface area contributed by atoms with Gasteiger partial charge in [-0.1, -0.05) is 182 Å². The van der Waals surface area contributed by atoms with Crippen molar-refractivity contribution < 1.29 is 28.6 Å². The number of hydrogen-bond acceptors (Lipinski definition) is 6. The van der Waals surface area contributed by atoms with Crippen LogP contribution in [0.25, 0.3) is 0 Å². The molecule has 0 aliphatic carbocycles. The molecule has 284 valence electrons. The SMILES string of the molecule is CCCCCCCCCC(=O)OC[C@H](COC(=O)CCCCCCCCCCCCC(C)C)OC(=O)CCCCCCCCCC(C)C. The van der Waals surface area contributed by atoms with E-state index in [4.69, 9.17) is 14.2 Å². The second kappa shape index (κ2) is 35.2. The van der Waals surface area contributed by atoms with Gasteiger partial charge in [-0.05, 0) is 31.1 Å². The molecule has 1 atom stereocenters. The van der Waals surface area contributed by atoms with Gasteiger partial charge in [0.25, 0.3) is 0 Å². The average molecular weight is 681 g/mol. The van der Waals surface area contributed by atoms with Crippen LogP contribution in [0.5, 0.6) is 0 Å². The first-order chi connectivity index (χ1) is 23.2. The number of unbranched alkanes of at least 4 members (excludes halogenated alkanes) is 21. The summed E-state index contributed by atoms with van der Waals surface area (Å²) in [6.45, 7) is 11.2. The summed E-state index contributed by atoms with van der Waals surface area (Å²) in [4.78, 5) is 37.4. The minimum atomic E-state index is -0.759. The van der Waals surface area contributed by atoms with E-state index in [0.717, 1.165) is 69.6 Å². The molecule has 0 aromatic carbocycles. The molecule has 0 aliphatic rings. The number of ether oxygens (including phenoxy) is 3. The van der Waals surface area contributed by atoms with Gasteiger partial charge < -0.3 is 14.2 Å². The van der Waals surface area contributed by atoms with Crippen molar-refractivity contribution in [3.63, 3.8) is 0 Å². The van der Waals surface area contributed by atoms with Crippen LogP contribution < -0.4 is 0 Å². The molecule has 6 heteroatoms. The van der Waals surface area contributed by atoms with E-state index in [9.17, 15) is 14.4 Å². The third kappa shape index (κ3) is 35.7. The van der Waals surface area contributed by atoms with Crippen molar-refractivity contribution in [2.24, 2.45) is 11.8 Å². The van der Waals surface area contributed by atoms with Crippen LogP contribution in [0.1, 0.15) is 221 Å². The maximum Gasteiger partial charge on any atom is 0.306 e. The van der Waals surface area contributed by atoms with Gasteiger partial charge >= 0.3 is 17.9 Å². The highest BCUT2D eigenvalue weighted by Gasteiger charge is 2.19. The second-order valence-corrected chi connectivity index (χ2v) is 15.2. The number of carbonyl (C=O) groups excluding carboxylic acids is 3. The predicted molar refractivity (Wildman–Crippen MR) is 201 cm³/mol. The minimum absolute atomic E-state index is 0.0666. The lowest BCUT2D eigenvalue weighted by atomic mass is 10.0. The third-order valence-corrected chi connectivity index (χ3v) is 9.22. The van der Waals surface area contributed by atoms with Crippen LogP contribution in [0.2, 0.25) is 0 Å². The molecule has 0 aromatic rings. The molecule has 0 aliphatic heterocycles. The van der Waals surface area contributed by atoms with Gasteiger partial charge in [0.1, 0.15) is 13.2 Å². The number of esters is 3. The Morgan fingerprint density at radius 3 is 1.02 bits per heavy atom. The van der Waals surface area contributed by atoms with Crippen LogP contribution in [-0.4, -0.2) is 37.2 Å². The summed E-state index contributed by atoms with van der Waals surface area (Å²) in [6.07, 6.45) is 31.1. The van der Waals surface area contributed by atoms with Gasteiger partial charge in [-0.25, -0.2) is 0 Å². The Morgan fingerprint density at radius 1 is 0.396 bits per heavy atom. The predicted octanol–water partition coefficient (Wildman–Crippen LogP) is 12.6. The van der Waals surface area contributed by atoms with E-state index < -0.39 is 6.10 Å². The molecule has 0 N–H and O–H groups in total. The van der Waals surface area contributed by atoms with E-state index in [1.807, 2.05) is 0 Å². The first-order valence-corrected chi connectivity index (χ1v) is 20.7. The molecule has 48 heavy (non-hydrogen) atoms. The van der Waals surface area contributed by atoms with Gasteiger partial charge in [0.15, 0.2) is 6.10 Å². The highest BCUT2D eigenvalue weighted by Crippen LogP contribution is 2.16. The summed E-state index contributed by atoms with van der Waals surface area (Å²) >= 11 is 0. The van der Waals surface area contributed by atoms with Crippen molar-refractivity contribution in [3.05, 3.63) is 0 Å². The van der Waals surface area contributed by atoms with E-state index >= 15 is 0 Å². The van der Waals surface area contributed by atoms with Gasteiger partial charge in [-0.3, -0.25) is 14.4 Å². The number of hydrogen-bond donors (Lipinski definition) is 0. The van der Waals surface area contributed by atoms with Crippen LogP contribution in [0.4, 0.5) is 0 Å². The smallest absolute Gasteiger partial charge is 0.306 e. The van der Waals surface area contributed by atoms with Gasteiger partial charge in [0, 0.05) is 19.3 Å². The topological polar surface area (TPSA) is 78.9 Å². The van der Waals surface area contributed by atoms with E-state index in [0.29, 0.717) is 19.3 Å². The average Bonchev–Trinajstić information content (AvgIpc) is 3.04. The summed E-state index contributed by atoms with van der Waals surface area (Å²) in [5.74, 6) is 0.724. The number of carbonyl (C=O) groups is 3. The normalized spacial score (nSPS) is 12.1. The molecule has 0 radical (unpaired) electrons. The van der Waals surface area contributed by atoms with Crippen molar-refractivity contribution in [1.82, 2.24) is 0 Å². The second-order valence-electron chi connectivity index (χ2n) is 15.2. The molecule has 0 fully saturated rings. The van der Waals surface area contributed by atoms with E-state index in [2.05, 4.69) is 34.6 Å². The first-order valence-electron chi connectivity index (χ1n) is 20.7. The zero-order valence-corrected chi connectivity index (χ0v) is 32.6. The summed E-state index contributed by atoms with van der Waals surface area (Å²) in [5.41, 5.74) is 0. The lowest BCUT2D eigenvalue weighted by Crippen LogP contribution is -2.30. The fraction of sp³-hybridized carbons (Fsp3) is 0.929. The molecule has 6 nitrogen and oxygen atoms in total. The van der Waals surface area contributed by atoms with Crippen LogP contribution in [0.15, 0.2) is 0 Å². The number of rotatable bonds is 36. The van der Waals surface area contributed by atoms with Gasteiger partial charge in [0.05, 0.1) is 0 Å². The first kappa shape index (κ1) is 46.4. The van der Waals surface area contributed by atoms with Crippen LogP contribution >= 0.6 is 0 Å². The minimum Gasteiger partial charge on any atom is -0.462 e. The Kier molecular flexibility index (Phi) is 34.1. The van der Waals surface area contributed by atoms with Gasteiger partial charge in [0.2, 0.25) is 0 Å². The zero-order chi connectivity index (χ0) is 35.5. The molecular weight excluding hydrogens is 600 g/mol. The maximum absolute atomic E-state index is 12.6. The van der Waals surface area contributed by atoms with E-state index in [1.54, 1.807) is 0 Å². The Hall–Kier alpha value is -1.59. The van der Waals surface area contributed by atoms with Crippen LogP contribution in [0, 0.1) is 11.8 Å². The maximum atomic E-state index is 12.6. The van der Waals surface area contributed by atoms with Crippen molar-refractivity contribution in [2.45, 2.75) is 227 Å². The fourth-order valence-corrected chi connectivity index (χ4v) is 6.05. The molecule has 0 saturated carbocycles. The molecule has 0 aromatic heterocycles. The summed E-state index contributed by atoms with van der Waals surface area (Å²) in [5, 5.41) is 0. The summed E-state index contributed by atoms with van der Waals surface area (Å²) in [6, 6.07) is 0. The molecule has 0 amide bonds. The molecule has 0 saturated heterocycles. The summed E-state index contributed by atoms with van der Waals surface area (Å²) < 4.78 is 16.6. The van der Waals surface area contributed by atoms with Crippen molar-refractivity contribution >= 4 is 17.9 Å². The van der Waals surface area contributed by atoms with Crippen molar-refractivity contribution in [1.29, 1.82) is 0 Å². The summed E-state index contributed by atoms with van der Waals surface area (Å²) in [7, 11) is 0. The Bertz CT molecular complexity index is 734. The Morgan fingerprint density at radius 2 is 0.688 bits per heavy atom. The lowest BCUT2D eigenvalue weighted by Gasteiger charge is -2.18. The molecular formula is C42H80O6. The van der Waals surface area contributed by atoms with E-state index in [-0.39, 0.29) is 31.1 Å². The highest BCUT2D eigenvalue weighted by atomic mass is 16.6. The Labute approximate surface area is 298 Å². The zero-order valence-electron chi connectivity index (χ0n) is 32.6. The Balaban J connectivity index is 4.30.